The Kier molecular flexibility index (Phi) is 4.72. The average Bonchev–Trinajstić information content (AvgIpc) is 2.54. The molecule has 2 aliphatic rings. The first-order chi connectivity index (χ1) is 9.15. The van der Waals surface area contributed by atoms with E-state index in [4.69, 9.17) is 10.8 Å². The summed E-state index contributed by atoms with van der Waals surface area (Å²) >= 11 is 0. The third-order valence-electron chi connectivity index (χ3n) is 3.24. The number of amides is 3. The molecule has 0 aromatic rings. The number of alkyl halides is 1. The van der Waals surface area contributed by atoms with E-state index in [1.54, 1.807) is 6.92 Å². The number of aliphatic carboxylic acids is 1. The van der Waals surface area contributed by atoms with Gasteiger partial charge in [0, 0.05) is 6.92 Å². The molecule has 3 atom stereocenters. The van der Waals surface area contributed by atoms with Gasteiger partial charge < -0.3 is 15.7 Å². The summed E-state index contributed by atoms with van der Waals surface area (Å²) in [6, 6.07) is -2.38. The Bertz CT molecular complexity index is 524. The number of primary amides is 1. The van der Waals surface area contributed by atoms with Crippen molar-refractivity contribution < 1.29 is 28.7 Å². The van der Waals surface area contributed by atoms with Gasteiger partial charge in [-0.05, 0) is 12.5 Å². The molecular formula is C11H15FLiN3O5. The number of carbonyl (C=O) groups excluding carboxylic acids is 2. The maximum atomic E-state index is 13.7. The van der Waals surface area contributed by atoms with Crippen LogP contribution in [0.3, 0.4) is 0 Å². The summed E-state index contributed by atoms with van der Waals surface area (Å²) in [5, 5.41) is 9.31. The number of rotatable bonds is 4. The molecule has 2 aliphatic heterocycles. The molecule has 0 aliphatic carbocycles. The van der Waals surface area contributed by atoms with Gasteiger partial charge in [0.1, 0.15) is 6.04 Å². The monoisotopic (exact) mass is 295 g/mol. The summed E-state index contributed by atoms with van der Waals surface area (Å²) in [6.07, 6.45) is 1.54. The van der Waals surface area contributed by atoms with Crippen LogP contribution in [0.15, 0.2) is 11.6 Å². The molecule has 2 heterocycles. The molecule has 1 saturated heterocycles. The zero-order valence-corrected chi connectivity index (χ0v) is 10.9. The standard InChI is InChI=1S/C11H14FN3O5.Li.H/c1-5-3-6-4-14(7(5)8(13)16)10(19)15(6)20-11(2,12)9(17)18;;/h3,6-7H,4H2,1-2H3,(H2,13,16)(H,17,18);;/t6-,7+,11?;;/m1../s1. The number of halogens is 1. The van der Waals surface area contributed by atoms with Crippen molar-refractivity contribution in [2.24, 2.45) is 5.73 Å². The molecule has 21 heavy (non-hydrogen) atoms. The van der Waals surface area contributed by atoms with Crippen molar-refractivity contribution in [1.29, 1.82) is 0 Å². The number of hydroxylamine groups is 2. The van der Waals surface area contributed by atoms with Crippen LogP contribution < -0.4 is 5.73 Å². The van der Waals surface area contributed by atoms with E-state index in [-0.39, 0.29) is 25.4 Å². The summed E-state index contributed by atoms with van der Waals surface area (Å²) in [5.41, 5.74) is 5.76. The molecule has 0 saturated carbocycles. The quantitative estimate of drug-likeness (QED) is 0.508. The minimum absolute atomic E-state index is 0. The predicted molar refractivity (Wildman–Crippen MR) is 69.9 cm³/mol. The van der Waals surface area contributed by atoms with Gasteiger partial charge in [0.15, 0.2) is 0 Å². The molecular weight excluding hydrogens is 280 g/mol. The summed E-state index contributed by atoms with van der Waals surface area (Å²) < 4.78 is 13.7. The number of hydrogen-bond donors (Lipinski definition) is 2. The van der Waals surface area contributed by atoms with E-state index in [1.165, 1.54) is 6.08 Å². The Morgan fingerprint density at radius 3 is 2.62 bits per heavy atom. The second-order valence-corrected chi connectivity index (χ2v) is 4.86. The van der Waals surface area contributed by atoms with E-state index in [0.29, 0.717) is 17.6 Å². The molecule has 1 fully saturated rings. The van der Waals surface area contributed by atoms with Gasteiger partial charge in [-0.25, -0.2) is 14.4 Å². The maximum absolute atomic E-state index is 13.7. The van der Waals surface area contributed by atoms with E-state index >= 15 is 0 Å². The van der Waals surface area contributed by atoms with Crippen LogP contribution in [0, 0.1) is 0 Å². The van der Waals surface area contributed by atoms with E-state index < -0.39 is 35.8 Å². The van der Waals surface area contributed by atoms with Crippen LogP contribution in [-0.4, -0.2) is 76.3 Å². The first-order valence-corrected chi connectivity index (χ1v) is 5.84. The van der Waals surface area contributed by atoms with Gasteiger partial charge >= 0.3 is 36.7 Å². The molecule has 0 radical (unpaired) electrons. The second-order valence-electron chi connectivity index (χ2n) is 4.86. The van der Waals surface area contributed by atoms with Gasteiger partial charge in [0.25, 0.3) is 0 Å². The van der Waals surface area contributed by atoms with Crippen LogP contribution in [0.2, 0.25) is 0 Å². The molecule has 8 nitrogen and oxygen atoms in total. The predicted octanol–water partition coefficient (Wildman–Crippen LogP) is -1.04. The minimum atomic E-state index is -3.04. The Labute approximate surface area is 131 Å². The fraction of sp³-hybridized carbons (Fsp3) is 0.545. The van der Waals surface area contributed by atoms with Crippen LogP contribution in [0.4, 0.5) is 9.18 Å². The van der Waals surface area contributed by atoms with Crippen molar-refractivity contribution >= 4 is 36.8 Å². The third-order valence-corrected chi connectivity index (χ3v) is 3.24. The van der Waals surface area contributed by atoms with Crippen molar-refractivity contribution in [2.75, 3.05) is 6.54 Å². The topological polar surface area (TPSA) is 113 Å². The molecule has 10 heteroatoms. The van der Waals surface area contributed by atoms with E-state index in [1.807, 2.05) is 0 Å². The number of carbonyl (C=O) groups is 3. The van der Waals surface area contributed by atoms with Gasteiger partial charge in [0.2, 0.25) is 5.91 Å². The molecule has 0 spiro atoms. The third kappa shape index (κ3) is 2.90. The Balaban J connectivity index is 0.00000220. The molecule has 0 aromatic carbocycles. The zero-order chi connectivity index (χ0) is 15.2. The van der Waals surface area contributed by atoms with Gasteiger partial charge in [-0.2, -0.15) is 9.45 Å². The number of nitrogens with two attached hydrogens (primary N) is 1. The molecule has 3 N–H and O–H groups in total. The van der Waals surface area contributed by atoms with Gasteiger partial charge in [0.05, 0.1) is 12.6 Å². The van der Waals surface area contributed by atoms with Crippen molar-refractivity contribution in [1.82, 2.24) is 9.96 Å². The number of carboxylic acid groups (broad SMARTS) is 1. The first kappa shape index (κ1) is 17.5. The first-order valence-electron chi connectivity index (χ1n) is 5.84. The molecule has 112 valence electrons. The Hall–Kier alpha value is -1.56. The zero-order valence-electron chi connectivity index (χ0n) is 10.9. The second kappa shape index (κ2) is 5.67. The van der Waals surface area contributed by atoms with Crippen molar-refractivity contribution in [3.8, 4) is 0 Å². The van der Waals surface area contributed by atoms with Gasteiger partial charge in [-0.15, -0.1) is 0 Å². The number of urea groups is 1. The average molecular weight is 295 g/mol. The fourth-order valence-corrected chi connectivity index (χ4v) is 2.31. The number of hydrogen-bond acceptors (Lipinski definition) is 4. The fourth-order valence-electron chi connectivity index (χ4n) is 2.31. The number of nitrogens with zero attached hydrogens (tertiary/aromatic N) is 2. The number of fused-ring (bicyclic) bond motifs is 2. The van der Waals surface area contributed by atoms with Crippen LogP contribution in [0.1, 0.15) is 13.8 Å². The molecule has 2 rings (SSSR count). The van der Waals surface area contributed by atoms with Crippen molar-refractivity contribution in [3.05, 3.63) is 11.6 Å². The molecule has 1 unspecified atom stereocenters. The van der Waals surface area contributed by atoms with Crippen LogP contribution in [0.5, 0.6) is 0 Å². The summed E-state index contributed by atoms with van der Waals surface area (Å²) in [4.78, 5) is 39.9. The Morgan fingerprint density at radius 1 is 1.57 bits per heavy atom. The van der Waals surface area contributed by atoms with Gasteiger partial charge in [-0.3, -0.25) is 4.79 Å². The van der Waals surface area contributed by atoms with Crippen molar-refractivity contribution in [3.63, 3.8) is 0 Å². The molecule has 0 aromatic heterocycles. The summed E-state index contributed by atoms with van der Waals surface area (Å²) in [7, 11) is 0. The van der Waals surface area contributed by atoms with Crippen LogP contribution >= 0.6 is 0 Å². The normalized spacial score (nSPS) is 26.8. The summed E-state index contributed by atoms with van der Waals surface area (Å²) in [5.74, 6) is -5.61. The Morgan fingerprint density at radius 2 is 2.14 bits per heavy atom. The van der Waals surface area contributed by atoms with Crippen molar-refractivity contribution in [2.45, 2.75) is 31.8 Å². The number of carboxylic acids is 1. The molecule has 3 amide bonds. The van der Waals surface area contributed by atoms with Crippen LogP contribution in [-0.2, 0) is 14.4 Å². The van der Waals surface area contributed by atoms with E-state index in [9.17, 15) is 18.8 Å². The van der Waals surface area contributed by atoms with E-state index in [2.05, 4.69) is 4.84 Å². The molecule has 2 bridgehead atoms. The summed E-state index contributed by atoms with van der Waals surface area (Å²) in [6.45, 7) is 2.37. The van der Waals surface area contributed by atoms with Crippen LogP contribution in [0.25, 0.3) is 0 Å². The van der Waals surface area contributed by atoms with E-state index in [0.717, 1.165) is 4.90 Å². The SMILES string of the molecule is CC1=C[C@@H]2CN(C(=O)N2OC(C)(F)C(=O)O)[C@@H]1C(N)=O.[LiH]. The van der Waals surface area contributed by atoms with Gasteiger partial charge in [-0.1, -0.05) is 6.08 Å².